The number of aryl methyl sites for hydroxylation is 1. The van der Waals surface area contributed by atoms with E-state index < -0.39 is 0 Å². The Morgan fingerprint density at radius 2 is 1.90 bits per heavy atom. The third-order valence-electron chi connectivity index (χ3n) is 2.90. The Labute approximate surface area is 122 Å². The molecule has 0 heterocycles. The molecular formula is C16H27N3O. The lowest BCUT2D eigenvalue weighted by atomic mass is 10.1. The number of hydrogen-bond acceptors (Lipinski definition) is 2. The maximum atomic E-state index is 5.80. The Balaban J connectivity index is 2.30. The van der Waals surface area contributed by atoms with Crippen molar-refractivity contribution in [2.24, 2.45) is 16.6 Å². The Hall–Kier alpha value is -1.71. The molecule has 0 aromatic heterocycles. The van der Waals surface area contributed by atoms with Crippen LogP contribution >= 0.6 is 0 Å². The molecule has 1 rings (SSSR count). The van der Waals surface area contributed by atoms with Gasteiger partial charge in [-0.2, -0.15) is 0 Å². The molecule has 0 aliphatic rings. The van der Waals surface area contributed by atoms with Gasteiger partial charge in [-0.15, -0.1) is 0 Å². The van der Waals surface area contributed by atoms with Crippen molar-refractivity contribution in [1.29, 1.82) is 0 Å². The van der Waals surface area contributed by atoms with Crippen LogP contribution in [0, 0.1) is 12.8 Å². The monoisotopic (exact) mass is 277 g/mol. The normalized spacial score (nSPS) is 13.3. The highest BCUT2D eigenvalue weighted by Gasteiger charge is 2.03. The second kappa shape index (κ2) is 8.46. The van der Waals surface area contributed by atoms with Gasteiger partial charge in [-0.3, -0.25) is 0 Å². The summed E-state index contributed by atoms with van der Waals surface area (Å²) < 4.78 is 5.77. The Kier molecular flexibility index (Phi) is 6.91. The van der Waals surface area contributed by atoms with E-state index in [1.165, 1.54) is 5.56 Å². The molecule has 1 unspecified atom stereocenters. The van der Waals surface area contributed by atoms with Crippen molar-refractivity contribution in [2.45, 2.75) is 40.2 Å². The lowest BCUT2D eigenvalue weighted by Gasteiger charge is -2.13. The van der Waals surface area contributed by atoms with Gasteiger partial charge in [-0.05, 0) is 38.3 Å². The van der Waals surface area contributed by atoms with Crippen LogP contribution in [0.3, 0.4) is 0 Å². The quantitative estimate of drug-likeness (QED) is 0.595. The number of aliphatic imine (C=N–C) groups is 1. The van der Waals surface area contributed by atoms with Crippen LogP contribution in [-0.4, -0.2) is 25.2 Å². The van der Waals surface area contributed by atoms with Gasteiger partial charge in [0.1, 0.15) is 11.9 Å². The molecule has 0 fully saturated rings. The number of nitrogens with zero attached hydrogens (tertiary/aromatic N) is 1. The van der Waals surface area contributed by atoms with Gasteiger partial charge >= 0.3 is 0 Å². The zero-order chi connectivity index (χ0) is 15.0. The molecule has 0 spiro atoms. The average Bonchev–Trinajstić information content (AvgIpc) is 2.39. The van der Waals surface area contributed by atoms with Crippen LogP contribution < -0.4 is 15.8 Å². The molecule has 0 radical (unpaired) electrons. The second-order valence-corrected chi connectivity index (χ2v) is 5.58. The van der Waals surface area contributed by atoms with Gasteiger partial charge in [-0.1, -0.05) is 31.5 Å². The minimum Gasteiger partial charge on any atom is -0.489 e. The van der Waals surface area contributed by atoms with Crippen molar-refractivity contribution in [3.8, 4) is 5.75 Å². The smallest absolute Gasteiger partial charge is 0.188 e. The summed E-state index contributed by atoms with van der Waals surface area (Å²) in [5, 5.41) is 3.11. The fourth-order valence-corrected chi connectivity index (χ4v) is 1.66. The summed E-state index contributed by atoms with van der Waals surface area (Å²) in [6, 6.07) is 8.01. The van der Waals surface area contributed by atoms with Gasteiger partial charge in [0.25, 0.3) is 0 Å². The van der Waals surface area contributed by atoms with E-state index in [0.717, 1.165) is 18.7 Å². The predicted octanol–water partition coefficient (Wildman–Crippen LogP) is 2.71. The predicted molar refractivity (Wildman–Crippen MR) is 85.2 cm³/mol. The molecule has 1 atom stereocenters. The molecular weight excluding hydrogens is 250 g/mol. The van der Waals surface area contributed by atoms with Crippen molar-refractivity contribution < 1.29 is 4.74 Å². The van der Waals surface area contributed by atoms with Gasteiger partial charge in [0.15, 0.2) is 5.96 Å². The van der Waals surface area contributed by atoms with Crippen molar-refractivity contribution >= 4 is 5.96 Å². The topological polar surface area (TPSA) is 59.6 Å². The number of nitrogens with two attached hydrogens (primary N) is 1. The molecule has 0 aliphatic heterocycles. The molecule has 0 bridgehead atoms. The lowest BCUT2D eigenvalue weighted by molar-refractivity contribution is 0.230. The molecule has 0 aliphatic carbocycles. The maximum absolute atomic E-state index is 5.80. The number of benzene rings is 1. The van der Waals surface area contributed by atoms with E-state index in [1.54, 1.807) is 0 Å². The van der Waals surface area contributed by atoms with E-state index in [0.29, 0.717) is 18.4 Å². The van der Waals surface area contributed by atoms with Crippen LogP contribution in [0.5, 0.6) is 5.75 Å². The first-order chi connectivity index (χ1) is 9.47. The first kappa shape index (κ1) is 16.3. The second-order valence-electron chi connectivity index (χ2n) is 5.58. The van der Waals surface area contributed by atoms with Crippen LogP contribution in [0.4, 0.5) is 0 Å². The summed E-state index contributed by atoms with van der Waals surface area (Å²) in [6.45, 7) is 9.83. The van der Waals surface area contributed by atoms with Gasteiger partial charge in [0.2, 0.25) is 0 Å². The van der Waals surface area contributed by atoms with Crippen molar-refractivity contribution in [2.75, 3.05) is 13.1 Å². The van der Waals surface area contributed by atoms with Gasteiger partial charge in [-0.25, -0.2) is 4.99 Å². The van der Waals surface area contributed by atoms with E-state index in [-0.39, 0.29) is 6.10 Å². The Morgan fingerprint density at radius 3 is 2.50 bits per heavy atom. The van der Waals surface area contributed by atoms with Crippen LogP contribution in [0.25, 0.3) is 0 Å². The molecule has 1 aromatic rings. The minimum absolute atomic E-state index is 0.00292. The maximum Gasteiger partial charge on any atom is 0.188 e. The molecule has 0 amide bonds. The highest BCUT2D eigenvalue weighted by molar-refractivity contribution is 5.77. The molecule has 1 aromatic carbocycles. The fourth-order valence-electron chi connectivity index (χ4n) is 1.66. The van der Waals surface area contributed by atoms with E-state index in [2.05, 4.69) is 31.1 Å². The van der Waals surface area contributed by atoms with Crippen LogP contribution in [-0.2, 0) is 0 Å². The van der Waals surface area contributed by atoms with Gasteiger partial charge in [0, 0.05) is 6.54 Å². The number of nitrogens with one attached hydrogen (secondary N) is 1. The largest absolute Gasteiger partial charge is 0.489 e. The Bertz CT molecular complexity index is 412. The first-order valence-electron chi connectivity index (χ1n) is 7.24. The highest BCUT2D eigenvalue weighted by atomic mass is 16.5. The molecule has 4 nitrogen and oxygen atoms in total. The van der Waals surface area contributed by atoms with E-state index in [9.17, 15) is 0 Å². The summed E-state index contributed by atoms with van der Waals surface area (Å²) in [6.07, 6.45) is 1.09. The summed E-state index contributed by atoms with van der Waals surface area (Å²) in [5.74, 6) is 2.02. The SMILES string of the molecule is Cc1ccc(OC(C)CN=C(N)NCCC(C)C)cc1. The van der Waals surface area contributed by atoms with Gasteiger partial charge < -0.3 is 15.8 Å². The summed E-state index contributed by atoms with van der Waals surface area (Å²) >= 11 is 0. The third kappa shape index (κ3) is 7.02. The number of rotatable bonds is 7. The molecule has 3 N–H and O–H groups in total. The number of hydrogen-bond donors (Lipinski definition) is 2. The number of ether oxygens (including phenoxy) is 1. The standard InChI is InChI=1S/C16H27N3O/c1-12(2)9-10-18-16(17)19-11-14(4)20-15-7-5-13(3)6-8-15/h5-8,12,14H,9-11H2,1-4H3,(H3,17,18,19). The fraction of sp³-hybridized carbons (Fsp3) is 0.562. The number of guanidine groups is 1. The van der Waals surface area contributed by atoms with Crippen molar-refractivity contribution in [3.05, 3.63) is 29.8 Å². The zero-order valence-electron chi connectivity index (χ0n) is 13.0. The third-order valence-corrected chi connectivity index (χ3v) is 2.90. The van der Waals surface area contributed by atoms with Gasteiger partial charge in [0.05, 0.1) is 6.54 Å². The molecule has 4 heteroatoms. The summed E-state index contributed by atoms with van der Waals surface area (Å²) in [4.78, 5) is 4.29. The average molecular weight is 277 g/mol. The molecule has 20 heavy (non-hydrogen) atoms. The van der Waals surface area contributed by atoms with Crippen molar-refractivity contribution in [3.63, 3.8) is 0 Å². The van der Waals surface area contributed by atoms with Crippen LogP contribution in [0.1, 0.15) is 32.8 Å². The summed E-state index contributed by atoms with van der Waals surface area (Å²) in [7, 11) is 0. The van der Waals surface area contributed by atoms with E-state index in [4.69, 9.17) is 10.5 Å². The van der Waals surface area contributed by atoms with E-state index >= 15 is 0 Å². The molecule has 112 valence electrons. The van der Waals surface area contributed by atoms with Crippen molar-refractivity contribution in [1.82, 2.24) is 5.32 Å². The van der Waals surface area contributed by atoms with E-state index in [1.807, 2.05) is 31.2 Å². The first-order valence-corrected chi connectivity index (χ1v) is 7.24. The zero-order valence-corrected chi connectivity index (χ0v) is 13.0. The minimum atomic E-state index is 0.00292. The lowest BCUT2D eigenvalue weighted by Crippen LogP contribution is -2.34. The summed E-state index contributed by atoms with van der Waals surface area (Å²) in [5.41, 5.74) is 7.03. The molecule has 0 saturated heterocycles. The highest BCUT2D eigenvalue weighted by Crippen LogP contribution is 2.13. The van der Waals surface area contributed by atoms with Crippen LogP contribution in [0.2, 0.25) is 0 Å². The Morgan fingerprint density at radius 1 is 1.25 bits per heavy atom. The molecule has 0 saturated carbocycles. The van der Waals surface area contributed by atoms with Crippen LogP contribution in [0.15, 0.2) is 29.3 Å².